The number of benzene rings is 4. The number of rotatable bonds is 18. The molecule has 11 heteroatoms. The first-order valence-electron chi connectivity index (χ1n) is 20.7. The summed E-state index contributed by atoms with van der Waals surface area (Å²) in [5.41, 5.74) is 2.35. The lowest BCUT2D eigenvalue weighted by atomic mass is 9.92. The van der Waals surface area contributed by atoms with Gasteiger partial charge in [-0.1, -0.05) is 72.8 Å². The highest BCUT2D eigenvalue weighted by Crippen LogP contribution is 2.27. The number of allylic oxidation sites excluding steroid dienone is 2. The Bertz CT molecular complexity index is 2560. The summed E-state index contributed by atoms with van der Waals surface area (Å²) in [6.45, 7) is 10.4. The molecule has 0 radical (unpaired) electrons. The predicted molar refractivity (Wildman–Crippen MR) is 247 cm³/mol. The second kappa shape index (κ2) is 19.7. The van der Waals surface area contributed by atoms with E-state index < -0.39 is 28.9 Å². The summed E-state index contributed by atoms with van der Waals surface area (Å²) in [5.74, 6) is 0.0779. The van der Waals surface area contributed by atoms with Crippen LogP contribution in [0.5, 0.6) is 11.5 Å². The maximum Gasteiger partial charge on any atom is 0.510 e. The van der Waals surface area contributed by atoms with E-state index in [9.17, 15) is 24.0 Å². The first kappa shape index (κ1) is 46.0. The lowest BCUT2D eigenvalue weighted by Gasteiger charge is -2.28. The molecule has 11 nitrogen and oxygen atoms in total. The van der Waals surface area contributed by atoms with Gasteiger partial charge in [-0.05, 0) is 124 Å². The maximum atomic E-state index is 14.0. The zero-order valence-corrected chi connectivity index (χ0v) is 37.3. The number of Topliss-reactive ketones (excluding diaryl/α,β-unsaturated/α-hetero) is 2. The number of nitrogens with zero attached hydrogens (tertiary/aromatic N) is 2. The highest BCUT2D eigenvalue weighted by atomic mass is 16.7. The second-order valence-corrected chi connectivity index (χ2v) is 16.3. The summed E-state index contributed by atoms with van der Waals surface area (Å²) >= 11 is 0. The van der Waals surface area contributed by atoms with Crippen LogP contribution in [-0.2, 0) is 22.6 Å². The van der Waals surface area contributed by atoms with Crippen LogP contribution in [0.2, 0.25) is 0 Å². The molecule has 0 aliphatic heterocycles. The smallest absolute Gasteiger partial charge is 0.497 e. The van der Waals surface area contributed by atoms with Crippen LogP contribution in [0, 0.1) is 13.8 Å². The summed E-state index contributed by atoms with van der Waals surface area (Å²) in [7, 11) is 3.14. The van der Waals surface area contributed by atoms with Crippen molar-refractivity contribution in [3.63, 3.8) is 0 Å². The van der Waals surface area contributed by atoms with E-state index in [1.807, 2.05) is 59.7 Å². The van der Waals surface area contributed by atoms with Gasteiger partial charge in [-0.2, -0.15) is 0 Å². The molecule has 0 amide bonds. The third-order valence-electron chi connectivity index (χ3n) is 10.6. The van der Waals surface area contributed by atoms with Crippen molar-refractivity contribution in [2.24, 2.45) is 0 Å². The fraction of sp³-hybridized carbons (Fsp3) is 0.226. The largest absolute Gasteiger partial charge is 0.510 e. The summed E-state index contributed by atoms with van der Waals surface area (Å²) in [5, 5.41) is 0. The molecule has 6 aromatic rings. The Morgan fingerprint density at radius 2 is 0.891 bits per heavy atom. The molecule has 0 aliphatic carbocycles. The Morgan fingerprint density at radius 3 is 1.25 bits per heavy atom. The van der Waals surface area contributed by atoms with Gasteiger partial charge in [0.15, 0.2) is 11.2 Å². The van der Waals surface area contributed by atoms with E-state index in [-0.39, 0.29) is 11.6 Å². The monoisotopic (exact) mass is 860 g/mol. The molecular formula is C53H52N2O9. The Hall–Kier alpha value is -7.53. The topological polar surface area (TPSA) is 132 Å². The lowest BCUT2D eigenvalue weighted by Crippen LogP contribution is -2.43. The van der Waals surface area contributed by atoms with Crippen molar-refractivity contribution in [1.82, 2.24) is 9.13 Å². The standard InChI is InChI=1S/C53H52N2O9/c1-35-31-45(47(56)39-21-25-41(61-7)26-22-39)54(33-35)29-13-17-37-15-9-11-19-43(37)49(58)52(3,4)63-51(60)64-53(5,6)50(59)44-20-12-10-16-38(44)18-14-30-55-34-36(2)32-46(55)48(57)40-23-27-42(62-8)28-24-40/h9-28,31-34H,29-30H2,1-8H3/b17-13+,18-14+. The van der Waals surface area contributed by atoms with E-state index >= 15 is 0 Å². The third kappa shape index (κ3) is 10.7. The van der Waals surface area contributed by atoms with Gasteiger partial charge in [0.2, 0.25) is 23.1 Å². The molecule has 328 valence electrons. The van der Waals surface area contributed by atoms with Crippen LogP contribution in [0.25, 0.3) is 12.2 Å². The fourth-order valence-corrected chi connectivity index (χ4v) is 7.24. The average Bonchev–Trinajstić information content (AvgIpc) is 3.85. The van der Waals surface area contributed by atoms with Crippen molar-refractivity contribution in [3.8, 4) is 11.5 Å². The number of hydrogen-bond donors (Lipinski definition) is 0. The quantitative estimate of drug-likeness (QED) is 0.0612. The van der Waals surface area contributed by atoms with E-state index in [0.717, 1.165) is 11.1 Å². The number of ketones is 4. The van der Waals surface area contributed by atoms with Gasteiger partial charge in [0, 0.05) is 47.7 Å². The predicted octanol–water partition coefficient (Wildman–Crippen LogP) is 10.6. The van der Waals surface area contributed by atoms with Crippen LogP contribution in [0.3, 0.4) is 0 Å². The molecule has 0 aliphatic rings. The Kier molecular flexibility index (Phi) is 14.1. The van der Waals surface area contributed by atoms with E-state index in [4.69, 9.17) is 18.9 Å². The number of methoxy groups -OCH3 is 2. The number of ether oxygens (including phenoxy) is 4. The van der Waals surface area contributed by atoms with Gasteiger partial charge in [0.1, 0.15) is 11.5 Å². The van der Waals surface area contributed by atoms with Gasteiger partial charge in [0.05, 0.1) is 25.6 Å². The van der Waals surface area contributed by atoms with Crippen molar-refractivity contribution in [2.75, 3.05) is 14.2 Å². The van der Waals surface area contributed by atoms with Crippen molar-refractivity contribution in [1.29, 1.82) is 0 Å². The zero-order chi connectivity index (χ0) is 46.2. The molecule has 2 heterocycles. The van der Waals surface area contributed by atoms with Crippen molar-refractivity contribution < 1.29 is 42.9 Å². The van der Waals surface area contributed by atoms with Gasteiger partial charge in [0.25, 0.3) is 0 Å². The van der Waals surface area contributed by atoms with Gasteiger partial charge < -0.3 is 28.1 Å². The molecule has 4 aromatic carbocycles. The number of hydrogen-bond acceptors (Lipinski definition) is 9. The molecular weight excluding hydrogens is 809 g/mol. The molecule has 6 rings (SSSR count). The van der Waals surface area contributed by atoms with Gasteiger partial charge in [-0.25, -0.2) is 4.79 Å². The number of aryl methyl sites for hydroxylation is 2. The number of aromatic nitrogens is 2. The number of carbonyl (C=O) groups excluding carboxylic acids is 5. The van der Waals surface area contributed by atoms with Gasteiger partial charge >= 0.3 is 6.16 Å². The summed E-state index contributed by atoms with van der Waals surface area (Å²) < 4.78 is 25.4. The van der Waals surface area contributed by atoms with Crippen LogP contribution in [0.4, 0.5) is 4.79 Å². The van der Waals surface area contributed by atoms with Gasteiger partial charge in [-0.3, -0.25) is 19.2 Å². The SMILES string of the molecule is COc1ccc(C(=O)c2cc(C)cn2C/C=C/c2ccccc2C(=O)C(C)(C)OC(=O)OC(C)(C)C(=O)c2ccccc2/C=C/Cn2cc(C)cc2C(=O)c2ccc(OC)cc2)cc1. The van der Waals surface area contributed by atoms with E-state index in [1.54, 1.807) is 123 Å². The first-order chi connectivity index (χ1) is 30.5. The van der Waals surface area contributed by atoms with Crippen molar-refractivity contribution >= 4 is 41.4 Å². The minimum Gasteiger partial charge on any atom is -0.497 e. The van der Waals surface area contributed by atoms with Crippen LogP contribution >= 0.6 is 0 Å². The lowest BCUT2D eigenvalue weighted by molar-refractivity contribution is -0.0408. The van der Waals surface area contributed by atoms with Crippen molar-refractivity contribution in [3.05, 3.63) is 190 Å². The van der Waals surface area contributed by atoms with Crippen molar-refractivity contribution in [2.45, 2.75) is 65.8 Å². The zero-order valence-electron chi connectivity index (χ0n) is 37.3. The highest BCUT2D eigenvalue weighted by Gasteiger charge is 2.39. The second-order valence-electron chi connectivity index (χ2n) is 16.3. The number of carbonyl (C=O) groups is 5. The van der Waals surface area contributed by atoms with Crippen LogP contribution < -0.4 is 9.47 Å². The maximum absolute atomic E-state index is 14.0. The van der Waals surface area contributed by atoms with Gasteiger partial charge in [-0.15, -0.1) is 0 Å². The molecule has 0 fully saturated rings. The fourth-order valence-electron chi connectivity index (χ4n) is 7.24. The average molecular weight is 861 g/mol. The Morgan fingerprint density at radius 1 is 0.531 bits per heavy atom. The Balaban J connectivity index is 1.10. The van der Waals surface area contributed by atoms with Crippen LogP contribution in [0.15, 0.2) is 134 Å². The summed E-state index contributed by atoms with van der Waals surface area (Å²) in [6.07, 6.45) is 9.86. The van der Waals surface area contributed by atoms with E-state index in [1.165, 1.54) is 27.7 Å². The molecule has 0 atom stereocenters. The summed E-state index contributed by atoms with van der Waals surface area (Å²) in [6, 6.07) is 31.4. The molecule has 0 saturated heterocycles. The Labute approximate surface area is 373 Å². The highest BCUT2D eigenvalue weighted by molar-refractivity contribution is 6.09. The third-order valence-corrected chi connectivity index (χ3v) is 10.6. The molecule has 0 saturated carbocycles. The molecule has 64 heavy (non-hydrogen) atoms. The molecule has 0 spiro atoms. The summed E-state index contributed by atoms with van der Waals surface area (Å²) in [4.78, 5) is 68.2. The molecule has 0 N–H and O–H groups in total. The van der Waals surface area contributed by atoms with Crippen LogP contribution in [-0.4, -0.2) is 63.8 Å². The molecule has 0 unspecified atom stereocenters. The first-order valence-corrected chi connectivity index (χ1v) is 20.7. The molecule has 2 aromatic heterocycles. The minimum absolute atomic E-state index is 0.134. The minimum atomic E-state index is -1.68. The van der Waals surface area contributed by atoms with E-state index in [2.05, 4.69) is 0 Å². The van der Waals surface area contributed by atoms with Crippen LogP contribution in [0.1, 0.15) is 103 Å². The molecule has 0 bridgehead atoms. The van der Waals surface area contributed by atoms with E-state index in [0.29, 0.717) is 69.4 Å². The normalized spacial score (nSPS) is 11.8.